The summed E-state index contributed by atoms with van der Waals surface area (Å²) in [5, 5.41) is 4.74. The first-order valence-corrected chi connectivity index (χ1v) is 10.6. The molecule has 8 heteroatoms. The van der Waals surface area contributed by atoms with Crippen LogP contribution in [0.3, 0.4) is 0 Å². The molecule has 0 atom stereocenters. The Balaban J connectivity index is 1.40. The predicted octanol–water partition coefficient (Wildman–Crippen LogP) is 3.97. The molecule has 2 heterocycles. The van der Waals surface area contributed by atoms with Gasteiger partial charge in [0.15, 0.2) is 0 Å². The lowest BCUT2D eigenvalue weighted by molar-refractivity contribution is -0.127. The van der Waals surface area contributed by atoms with Crippen molar-refractivity contribution in [3.8, 4) is 5.69 Å². The van der Waals surface area contributed by atoms with E-state index in [1.165, 1.54) is 22.9 Å². The van der Waals surface area contributed by atoms with Gasteiger partial charge in [0, 0.05) is 43.4 Å². The van der Waals surface area contributed by atoms with E-state index in [2.05, 4.69) is 5.10 Å². The van der Waals surface area contributed by atoms with Gasteiger partial charge in [0.2, 0.25) is 5.91 Å². The van der Waals surface area contributed by atoms with Gasteiger partial charge < -0.3 is 9.80 Å². The van der Waals surface area contributed by atoms with E-state index in [1.54, 1.807) is 47.1 Å². The van der Waals surface area contributed by atoms with Gasteiger partial charge in [-0.05, 0) is 49.4 Å². The van der Waals surface area contributed by atoms with Crippen LogP contribution in [0.5, 0.6) is 0 Å². The van der Waals surface area contributed by atoms with Gasteiger partial charge >= 0.3 is 0 Å². The summed E-state index contributed by atoms with van der Waals surface area (Å²) in [4.78, 5) is 28.7. The first-order valence-electron chi connectivity index (χ1n) is 10.3. The highest BCUT2D eigenvalue weighted by Gasteiger charge is 2.24. The Morgan fingerprint density at radius 1 is 0.969 bits per heavy atom. The fraction of sp³-hybridized carbons (Fsp3) is 0.208. The second-order valence-corrected chi connectivity index (χ2v) is 7.85. The van der Waals surface area contributed by atoms with Gasteiger partial charge in [-0.25, -0.2) is 9.07 Å². The lowest BCUT2D eigenvalue weighted by Gasteiger charge is -2.34. The van der Waals surface area contributed by atoms with Gasteiger partial charge in [-0.1, -0.05) is 29.8 Å². The van der Waals surface area contributed by atoms with Gasteiger partial charge in [-0.3, -0.25) is 9.59 Å². The number of amides is 2. The number of rotatable bonds is 4. The predicted molar refractivity (Wildman–Crippen MR) is 121 cm³/mol. The summed E-state index contributed by atoms with van der Waals surface area (Å²) in [6.45, 7) is 3.68. The van der Waals surface area contributed by atoms with Crippen LogP contribution >= 0.6 is 11.6 Å². The van der Waals surface area contributed by atoms with E-state index >= 15 is 0 Å². The maximum atomic E-state index is 13.2. The van der Waals surface area contributed by atoms with Crippen LogP contribution in [0, 0.1) is 12.7 Å². The van der Waals surface area contributed by atoms with E-state index in [4.69, 9.17) is 11.6 Å². The number of piperazine rings is 1. The minimum absolute atomic E-state index is 0.0242. The molecule has 0 bridgehead atoms. The van der Waals surface area contributed by atoms with E-state index < -0.39 is 0 Å². The Bertz CT molecular complexity index is 1150. The maximum absolute atomic E-state index is 13.2. The molecule has 0 aliphatic carbocycles. The Hall–Kier alpha value is -3.45. The number of hydrogen-bond donors (Lipinski definition) is 0. The zero-order chi connectivity index (χ0) is 22.7. The van der Waals surface area contributed by atoms with Crippen molar-refractivity contribution < 1.29 is 14.0 Å². The summed E-state index contributed by atoms with van der Waals surface area (Å²) >= 11 is 6.47. The topological polar surface area (TPSA) is 58.4 Å². The fourth-order valence-corrected chi connectivity index (χ4v) is 3.94. The van der Waals surface area contributed by atoms with Gasteiger partial charge in [-0.15, -0.1) is 0 Å². The first-order chi connectivity index (χ1) is 15.4. The van der Waals surface area contributed by atoms with Crippen LogP contribution in [0.2, 0.25) is 5.15 Å². The highest BCUT2D eigenvalue weighted by Crippen LogP contribution is 2.25. The van der Waals surface area contributed by atoms with Gasteiger partial charge in [0.05, 0.1) is 11.4 Å². The van der Waals surface area contributed by atoms with Crippen molar-refractivity contribution in [1.29, 1.82) is 0 Å². The molecule has 1 aliphatic rings. The van der Waals surface area contributed by atoms with Crippen molar-refractivity contribution in [2.45, 2.75) is 6.92 Å². The van der Waals surface area contributed by atoms with E-state index in [9.17, 15) is 14.0 Å². The summed E-state index contributed by atoms with van der Waals surface area (Å²) in [7, 11) is 0. The van der Waals surface area contributed by atoms with E-state index in [1.807, 2.05) is 18.2 Å². The summed E-state index contributed by atoms with van der Waals surface area (Å²) < 4.78 is 14.7. The molecular formula is C24H22ClFN4O2. The van der Waals surface area contributed by atoms with Crippen molar-refractivity contribution in [1.82, 2.24) is 19.6 Å². The highest BCUT2D eigenvalue weighted by atomic mass is 35.5. The number of nitrogens with zero attached hydrogens (tertiary/aromatic N) is 4. The first kappa shape index (κ1) is 21.8. The number of aromatic nitrogens is 2. The Morgan fingerprint density at radius 3 is 2.25 bits per heavy atom. The maximum Gasteiger partial charge on any atom is 0.253 e. The highest BCUT2D eigenvalue weighted by molar-refractivity contribution is 6.31. The zero-order valence-corrected chi connectivity index (χ0v) is 18.3. The molecule has 1 saturated heterocycles. The van der Waals surface area contributed by atoms with Crippen LogP contribution in [0.25, 0.3) is 11.8 Å². The molecule has 32 heavy (non-hydrogen) atoms. The van der Waals surface area contributed by atoms with Crippen LogP contribution in [-0.4, -0.2) is 57.6 Å². The van der Waals surface area contributed by atoms with Crippen LogP contribution in [0.1, 0.15) is 21.6 Å². The number of halogens is 2. The molecule has 4 rings (SSSR count). The minimum Gasteiger partial charge on any atom is -0.336 e. The van der Waals surface area contributed by atoms with Crippen LogP contribution in [-0.2, 0) is 4.79 Å². The molecule has 0 saturated carbocycles. The molecular weight excluding hydrogens is 431 g/mol. The molecule has 0 unspecified atom stereocenters. The minimum atomic E-state index is -0.343. The molecule has 2 aromatic carbocycles. The molecule has 0 spiro atoms. The Kier molecular flexibility index (Phi) is 6.37. The van der Waals surface area contributed by atoms with E-state index in [-0.39, 0.29) is 17.6 Å². The average Bonchev–Trinajstić information content (AvgIpc) is 3.11. The molecule has 0 N–H and O–H groups in total. The van der Waals surface area contributed by atoms with Crippen LogP contribution < -0.4 is 0 Å². The summed E-state index contributed by atoms with van der Waals surface area (Å²) in [6.07, 6.45) is 3.12. The second-order valence-electron chi connectivity index (χ2n) is 7.49. The summed E-state index contributed by atoms with van der Waals surface area (Å²) in [5.41, 5.74) is 2.56. The monoisotopic (exact) mass is 452 g/mol. The SMILES string of the molecule is Cc1nn(-c2ccc(F)cc2)c(Cl)c1/C=C/C(=O)N1CCN(C(=O)c2ccccc2)CC1. The number of hydrogen-bond acceptors (Lipinski definition) is 3. The molecule has 1 aromatic heterocycles. The quantitative estimate of drug-likeness (QED) is 0.563. The smallest absolute Gasteiger partial charge is 0.253 e. The lowest BCUT2D eigenvalue weighted by atomic mass is 10.2. The molecule has 1 fully saturated rings. The van der Waals surface area contributed by atoms with Crippen LogP contribution in [0.4, 0.5) is 4.39 Å². The Morgan fingerprint density at radius 2 is 1.59 bits per heavy atom. The van der Waals surface area contributed by atoms with Crippen molar-refractivity contribution in [3.05, 3.63) is 88.5 Å². The normalized spacial score (nSPS) is 14.2. The lowest BCUT2D eigenvalue weighted by Crippen LogP contribution is -2.50. The number of carbonyl (C=O) groups excluding carboxylic acids is 2. The molecule has 3 aromatic rings. The van der Waals surface area contributed by atoms with Gasteiger partial charge in [0.1, 0.15) is 11.0 Å². The Labute approximate surface area is 190 Å². The molecule has 6 nitrogen and oxygen atoms in total. The third kappa shape index (κ3) is 4.57. The summed E-state index contributed by atoms with van der Waals surface area (Å²) in [5.74, 6) is -0.518. The average molecular weight is 453 g/mol. The fourth-order valence-electron chi connectivity index (χ4n) is 3.61. The zero-order valence-electron chi connectivity index (χ0n) is 17.5. The summed E-state index contributed by atoms with van der Waals surface area (Å²) in [6, 6.07) is 15.0. The molecule has 1 aliphatic heterocycles. The largest absolute Gasteiger partial charge is 0.336 e. The third-order valence-corrected chi connectivity index (χ3v) is 5.77. The van der Waals surface area contributed by atoms with Crippen molar-refractivity contribution >= 4 is 29.5 Å². The number of aryl methyl sites for hydroxylation is 1. The molecule has 164 valence electrons. The second kappa shape index (κ2) is 9.36. The van der Waals surface area contributed by atoms with E-state index in [0.717, 1.165) is 0 Å². The van der Waals surface area contributed by atoms with Gasteiger partial charge in [0.25, 0.3) is 5.91 Å². The standard InChI is InChI=1S/C24H22ClFN4O2/c1-17-21(23(25)30(27-17)20-9-7-19(26)8-10-20)11-12-22(31)28-13-15-29(16-14-28)24(32)18-5-3-2-4-6-18/h2-12H,13-16H2,1H3/b12-11+. The third-order valence-electron chi connectivity index (χ3n) is 5.41. The van der Waals surface area contributed by atoms with Crippen LogP contribution in [0.15, 0.2) is 60.7 Å². The van der Waals surface area contributed by atoms with Crippen molar-refractivity contribution in [2.75, 3.05) is 26.2 Å². The number of benzene rings is 2. The van der Waals surface area contributed by atoms with Crippen molar-refractivity contribution in [2.24, 2.45) is 0 Å². The van der Waals surface area contributed by atoms with Crippen molar-refractivity contribution in [3.63, 3.8) is 0 Å². The number of carbonyl (C=O) groups is 2. The molecule has 2 amide bonds. The van der Waals surface area contributed by atoms with Gasteiger partial charge in [-0.2, -0.15) is 5.10 Å². The molecule has 0 radical (unpaired) electrons. The van der Waals surface area contributed by atoms with E-state index in [0.29, 0.717) is 53.8 Å².